The lowest BCUT2D eigenvalue weighted by Gasteiger charge is -2.28. The molecule has 0 N–H and O–H groups in total. The molecule has 12 heavy (non-hydrogen) atoms. The normalized spacial score (nSPS) is 22.4. The van der Waals surface area contributed by atoms with E-state index in [4.69, 9.17) is 23.6 Å². The lowest BCUT2D eigenvalue weighted by molar-refractivity contribution is 0.415. The fourth-order valence-electron chi connectivity index (χ4n) is 1.22. The number of hydrogen-bond acceptors (Lipinski definition) is 4. The Balaban J connectivity index is 2.34. The van der Waals surface area contributed by atoms with E-state index in [1.807, 2.05) is 18.1 Å². The summed E-state index contributed by atoms with van der Waals surface area (Å²) in [6, 6.07) is 0. The Hall–Kier alpha value is -0.610. The molecule has 0 aliphatic carbocycles. The minimum absolute atomic E-state index is 0.458. The van der Waals surface area contributed by atoms with Crippen LogP contribution >= 0.6 is 23.6 Å². The van der Waals surface area contributed by atoms with Gasteiger partial charge in [0.2, 0.25) is 0 Å². The zero-order valence-electron chi connectivity index (χ0n) is 6.54. The van der Waals surface area contributed by atoms with E-state index >= 15 is 0 Å². The minimum Gasteiger partial charge on any atom is -0.351 e. The van der Waals surface area contributed by atoms with Crippen LogP contribution in [-0.4, -0.2) is 40.0 Å². The topological polar surface area (TPSA) is 22.1 Å². The summed E-state index contributed by atoms with van der Waals surface area (Å²) in [5, 5.41) is 0. The number of rotatable bonds is 0. The summed E-state index contributed by atoms with van der Waals surface area (Å²) in [5.74, 6) is 0.802. The lowest BCUT2D eigenvalue weighted by Crippen LogP contribution is -2.36. The Morgan fingerprint density at radius 1 is 1.50 bits per heavy atom. The first-order valence-corrected chi connectivity index (χ1v) is 4.19. The summed E-state index contributed by atoms with van der Waals surface area (Å²) in [6.07, 6.45) is 1.83. The van der Waals surface area contributed by atoms with Gasteiger partial charge in [-0.25, -0.2) is 9.41 Å². The maximum absolute atomic E-state index is 5.89. The molecule has 0 unspecified atom stereocenters. The molecule has 0 bridgehead atoms. The van der Waals surface area contributed by atoms with Gasteiger partial charge in [-0.15, -0.1) is 0 Å². The zero-order valence-corrected chi connectivity index (χ0v) is 8.05. The van der Waals surface area contributed by atoms with Gasteiger partial charge in [0.05, 0.1) is 5.70 Å². The van der Waals surface area contributed by atoms with Crippen LogP contribution in [0.3, 0.4) is 0 Å². The largest absolute Gasteiger partial charge is 0.351 e. The Morgan fingerprint density at radius 3 is 3.00 bits per heavy atom. The molecule has 0 saturated heterocycles. The average Bonchev–Trinajstić information content (AvgIpc) is 2.33. The number of hydrogen-bond donors (Lipinski definition) is 0. The highest BCUT2D eigenvalue weighted by Crippen LogP contribution is 2.23. The van der Waals surface area contributed by atoms with Crippen LogP contribution in [-0.2, 0) is 0 Å². The van der Waals surface area contributed by atoms with Crippen molar-refractivity contribution in [3.63, 3.8) is 0 Å². The number of aliphatic imine (C=N–C) groups is 1. The molecule has 0 saturated carbocycles. The number of likely N-dealkylation sites (N-methyl/N-ethyl adjacent to an activating group) is 1. The predicted octanol–water partition coefficient (Wildman–Crippen LogP) is 1.01. The van der Waals surface area contributed by atoms with E-state index in [0.29, 0.717) is 13.3 Å². The van der Waals surface area contributed by atoms with Gasteiger partial charge >= 0.3 is 0 Å². The van der Waals surface area contributed by atoms with Crippen LogP contribution in [0.1, 0.15) is 0 Å². The Labute approximate surface area is 80.9 Å². The molecule has 2 aliphatic rings. The first-order chi connectivity index (χ1) is 5.68. The summed E-state index contributed by atoms with van der Waals surface area (Å²) < 4.78 is 3.01. The molecule has 0 amide bonds. The molecule has 0 spiro atoms. The van der Waals surface area contributed by atoms with Crippen molar-refractivity contribution in [3.05, 3.63) is 11.9 Å². The van der Waals surface area contributed by atoms with Crippen molar-refractivity contribution in [2.75, 3.05) is 20.4 Å². The summed E-state index contributed by atoms with van der Waals surface area (Å²) in [6.45, 7) is 1.11. The second-order valence-corrected chi connectivity index (χ2v) is 3.58. The van der Waals surface area contributed by atoms with Gasteiger partial charge in [0.1, 0.15) is 13.3 Å². The molecule has 4 nitrogen and oxygen atoms in total. The third-order valence-corrected chi connectivity index (χ3v) is 2.30. The molecule has 66 valence electrons. The van der Waals surface area contributed by atoms with E-state index in [1.54, 1.807) is 0 Å². The number of amidine groups is 1. The molecule has 0 aromatic carbocycles. The third kappa shape index (κ3) is 1.11. The Bertz CT molecular complexity index is 262. The number of halogens is 2. The molecular formula is C6H8Cl2N4. The van der Waals surface area contributed by atoms with Gasteiger partial charge < -0.3 is 4.90 Å². The van der Waals surface area contributed by atoms with E-state index < -0.39 is 0 Å². The van der Waals surface area contributed by atoms with Crippen LogP contribution in [0.15, 0.2) is 16.9 Å². The molecule has 2 aliphatic heterocycles. The summed E-state index contributed by atoms with van der Waals surface area (Å²) in [5.41, 5.74) is 0.964. The maximum atomic E-state index is 5.89. The highest BCUT2D eigenvalue weighted by Gasteiger charge is 2.28. The van der Waals surface area contributed by atoms with Crippen molar-refractivity contribution in [2.24, 2.45) is 4.99 Å². The Morgan fingerprint density at radius 2 is 2.25 bits per heavy atom. The zero-order chi connectivity index (χ0) is 8.72. The van der Waals surface area contributed by atoms with Gasteiger partial charge in [-0.3, -0.25) is 4.42 Å². The van der Waals surface area contributed by atoms with Crippen molar-refractivity contribution in [1.29, 1.82) is 0 Å². The van der Waals surface area contributed by atoms with Crippen molar-refractivity contribution >= 4 is 29.4 Å². The SMILES string of the molecule is CN1CN=C2C1=CN(Cl)CN2Cl. The second kappa shape index (κ2) is 2.71. The van der Waals surface area contributed by atoms with Crippen molar-refractivity contribution < 1.29 is 0 Å². The molecule has 0 radical (unpaired) electrons. The molecule has 6 heteroatoms. The summed E-state index contributed by atoms with van der Waals surface area (Å²) >= 11 is 11.7. The van der Waals surface area contributed by atoms with Crippen LogP contribution in [0.5, 0.6) is 0 Å². The minimum atomic E-state index is 0.458. The van der Waals surface area contributed by atoms with Crippen molar-refractivity contribution in [3.8, 4) is 0 Å². The van der Waals surface area contributed by atoms with Gasteiger partial charge in [-0.05, 0) is 0 Å². The molecule has 0 fully saturated rings. The van der Waals surface area contributed by atoms with E-state index in [-0.39, 0.29) is 0 Å². The molecule has 0 aromatic rings. The number of fused-ring (bicyclic) bond motifs is 1. The average molecular weight is 207 g/mol. The second-order valence-electron chi connectivity index (χ2n) is 2.74. The maximum Gasteiger partial charge on any atom is 0.167 e. The van der Waals surface area contributed by atoms with Gasteiger partial charge in [-0.2, -0.15) is 0 Å². The van der Waals surface area contributed by atoms with Gasteiger partial charge in [0.15, 0.2) is 5.84 Å². The van der Waals surface area contributed by atoms with Crippen LogP contribution in [0.2, 0.25) is 0 Å². The smallest absolute Gasteiger partial charge is 0.167 e. The summed E-state index contributed by atoms with van der Waals surface area (Å²) in [7, 11) is 1.95. The third-order valence-electron chi connectivity index (χ3n) is 1.82. The quantitative estimate of drug-likeness (QED) is 0.553. The van der Waals surface area contributed by atoms with E-state index in [1.165, 1.54) is 8.84 Å². The van der Waals surface area contributed by atoms with E-state index in [2.05, 4.69) is 4.99 Å². The monoisotopic (exact) mass is 206 g/mol. The first kappa shape index (κ1) is 8.01. The first-order valence-electron chi connectivity index (χ1n) is 3.52. The van der Waals surface area contributed by atoms with Crippen LogP contribution in [0, 0.1) is 0 Å². The van der Waals surface area contributed by atoms with Crippen LogP contribution in [0.4, 0.5) is 0 Å². The Kier molecular flexibility index (Phi) is 1.81. The predicted molar refractivity (Wildman–Crippen MR) is 48.4 cm³/mol. The van der Waals surface area contributed by atoms with Gasteiger partial charge in [-0.1, -0.05) is 0 Å². The molecule has 2 rings (SSSR count). The highest BCUT2D eigenvalue weighted by atomic mass is 35.5. The van der Waals surface area contributed by atoms with Crippen molar-refractivity contribution in [1.82, 2.24) is 13.7 Å². The molecule has 2 heterocycles. The lowest BCUT2D eigenvalue weighted by atomic mass is 10.4. The van der Waals surface area contributed by atoms with Crippen molar-refractivity contribution in [2.45, 2.75) is 0 Å². The van der Waals surface area contributed by atoms with E-state index in [0.717, 1.165) is 11.5 Å². The molecular weight excluding hydrogens is 199 g/mol. The fourth-order valence-corrected chi connectivity index (χ4v) is 1.73. The molecule has 0 atom stereocenters. The van der Waals surface area contributed by atoms with Gasteiger partial charge in [0.25, 0.3) is 0 Å². The standard InChI is InChI=1S/C6H8Cl2N4/c1-10-3-9-6-5(10)2-11(7)4-12(6)8/h2H,3-4H2,1H3. The highest BCUT2D eigenvalue weighted by molar-refractivity contribution is 6.26. The molecule has 0 aromatic heterocycles. The van der Waals surface area contributed by atoms with Crippen LogP contribution in [0.25, 0.3) is 0 Å². The van der Waals surface area contributed by atoms with Gasteiger partial charge in [0, 0.05) is 36.8 Å². The van der Waals surface area contributed by atoms with E-state index in [9.17, 15) is 0 Å². The summed E-state index contributed by atoms with van der Waals surface area (Å²) in [4.78, 5) is 6.22. The fraction of sp³-hybridized carbons (Fsp3) is 0.500. The number of nitrogens with zero attached hydrogens (tertiary/aromatic N) is 4. The van der Waals surface area contributed by atoms with Crippen LogP contribution < -0.4 is 0 Å².